The maximum Gasteiger partial charge on any atom is 0.326 e. The monoisotopic (exact) mass is 587 g/mol. The van der Waals surface area contributed by atoms with Crippen molar-refractivity contribution in [2.45, 2.75) is 49.9 Å². The molecular weight excluding hydrogens is 550 g/mol. The lowest BCUT2D eigenvalue weighted by Crippen LogP contribution is -2.58. The van der Waals surface area contributed by atoms with E-state index in [0.717, 1.165) is 0 Å². The van der Waals surface area contributed by atoms with Gasteiger partial charge in [0.2, 0.25) is 17.7 Å². The van der Waals surface area contributed by atoms with Gasteiger partial charge in [-0.25, -0.2) is 4.79 Å². The number of phenolic OH excluding ortho intramolecular Hbond substituents is 1. The Morgan fingerprint density at radius 2 is 1.34 bits per heavy atom. The average molecular weight is 588 g/mol. The Morgan fingerprint density at radius 1 is 0.805 bits per heavy atom. The van der Waals surface area contributed by atoms with Crippen LogP contribution in [0.4, 0.5) is 0 Å². The first-order valence-corrected chi connectivity index (χ1v) is 13.5. The second kappa shape index (κ2) is 16.7. The third-order valence-electron chi connectivity index (χ3n) is 6.02. The van der Waals surface area contributed by atoms with Gasteiger partial charge in [-0.05, 0) is 36.1 Å². The Bertz CT molecular complexity index is 1190. The van der Waals surface area contributed by atoms with E-state index in [2.05, 4.69) is 33.6 Å². The average Bonchev–Trinajstić information content (AvgIpc) is 2.94. The van der Waals surface area contributed by atoms with E-state index in [9.17, 15) is 29.4 Å². The zero-order chi connectivity index (χ0) is 30.4. The van der Waals surface area contributed by atoms with Crippen LogP contribution in [-0.4, -0.2) is 76.3 Å². The van der Waals surface area contributed by atoms with E-state index in [0.29, 0.717) is 11.1 Å². The number of nitrogens with one attached hydrogen (secondary N) is 3. The standard InChI is InChI=1S/C27H37N7O6S/c28-19(15-41)23(36)33-21(13-17-8-10-18(35)11-9-17)25(38)32-20(7-4-12-31-27(29)30)24(37)34-22(26(39)40)14-16-5-2-1-3-6-16/h1-3,5-6,8-11,19-22,35,41H,4,7,12-15,28H2,(H,32,38)(H,33,36)(H,34,37)(H,39,40)(H4,29,30,31). The molecule has 0 saturated carbocycles. The predicted molar refractivity (Wildman–Crippen MR) is 157 cm³/mol. The van der Waals surface area contributed by atoms with Crippen LogP contribution in [0.5, 0.6) is 5.75 Å². The molecular formula is C27H37N7O6S. The Morgan fingerprint density at radius 3 is 1.93 bits per heavy atom. The van der Waals surface area contributed by atoms with Gasteiger partial charge in [0, 0.05) is 25.1 Å². The number of carbonyl (C=O) groups is 4. The van der Waals surface area contributed by atoms with E-state index in [1.807, 2.05) is 0 Å². The molecule has 2 aromatic carbocycles. The quantitative estimate of drug-likeness (QED) is 0.0507. The van der Waals surface area contributed by atoms with Crippen molar-refractivity contribution in [1.29, 1.82) is 0 Å². The van der Waals surface area contributed by atoms with Crippen LogP contribution in [0.25, 0.3) is 0 Å². The zero-order valence-electron chi connectivity index (χ0n) is 22.4. The molecule has 222 valence electrons. The number of carboxylic acids is 1. The van der Waals surface area contributed by atoms with Gasteiger partial charge in [-0.2, -0.15) is 12.6 Å². The van der Waals surface area contributed by atoms with Crippen molar-refractivity contribution in [3.63, 3.8) is 0 Å². The molecule has 0 spiro atoms. The fourth-order valence-electron chi connectivity index (χ4n) is 3.81. The highest BCUT2D eigenvalue weighted by molar-refractivity contribution is 7.80. The minimum Gasteiger partial charge on any atom is -0.508 e. The molecule has 0 aliphatic rings. The van der Waals surface area contributed by atoms with Gasteiger partial charge in [-0.15, -0.1) is 0 Å². The number of hydrogen-bond acceptors (Lipinski definition) is 8. The molecule has 11 N–H and O–H groups in total. The number of carbonyl (C=O) groups excluding carboxylic acids is 3. The molecule has 0 aliphatic heterocycles. The topological polar surface area (TPSA) is 235 Å². The van der Waals surface area contributed by atoms with Crippen molar-refractivity contribution in [2.75, 3.05) is 12.3 Å². The summed E-state index contributed by atoms with van der Waals surface area (Å²) in [5.74, 6) is -3.37. The van der Waals surface area contributed by atoms with Crippen LogP contribution >= 0.6 is 12.6 Å². The molecule has 41 heavy (non-hydrogen) atoms. The first kappa shape index (κ1) is 32.9. The highest BCUT2D eigenvalue weighted by atomic mass is 32.1. The fourth-order valence-corrected chi connectivity index (χ4v) is 3.97. The van der Waals surface area contributed by atoms with E-state index >= 15 is 0 Å². The molecule has 3 amide bonds. The normalized spacial score (nSPS) is 13.6. The van der Waals surface area contributed by atoms with Crippen LogP contribution in [0, 0.1) is 0 Å². The minimum absolute atomic E-state index is 0.0191. The van der Waals surface area contributed by atoms with Gasteiger partial charge in [0.05, 0.1) is 6.04 Å². The van der Waals surface area contributed by atoms with E-state index in [1.165, 1.54) is 12.1 Å². The summed E-state index contributed by atoms with van der Waals surface area (Å²) in [5, 5.41) is 27.0. The number of guanidine groups is 1. The molecule has 14 heteroatoms. The molecule has 4 atom stereocenters. The van der Waals surface area contributed by atoms with Crippen LogP contribution in [0.3, 0.4) is 0 Å². The maximum absolute atomic E-state index is 13.4. The minimum atomic E-state index is -1.26. The highest BCUT2D eigenvalue weighted by Crippen LogP contribution is 2.12. The summed E-state index contributed by atoms with van der Waals surface area (Å²) < 4.78 is 0. The molecule has 0 fully saturated rings. The van der Waals surface area contributed by atoms with E-state index in [1.54, 1.807) is 42.5 Å². The number of phenols is 1. The van der Waals surface area contributed by atoms with Gasteiger partial charge in [-0.3, -0.25) is 19.4 Å². The van der Waals surface area contributed by atoms with Crippen LogP contribution in [0.15, 0.2) is 59.6 Å². The van der Waals surface area contributed by atoms with Gasteiger partial charge in [0.1, 0.15) is 23.9 Å². The first-order chi connectivity index (χ1) is 19.5. The molecule has 0 radical (unpaired) electrons. The summed E-state index contributed by atoms with van der Waals surface area (Å²) in [7, 11) is 0. The maximum atomic E-state index is 13.4. The number of aliphatic carboxylic acids is 1. The second-order valence-electron chi connectivity index (χ2n) is 9.32. The molecule has 0 aromatic heterocycles. The summed E-state index contributed by atoms with van der Waals surface area (Å²) in [4.78, 5) is 55.1. The van der Waals surface area contributed by atoms with Crippen LogP contribution in [0.1, 0.15) is 24.0 Å². The number of nitrogens with two attached hydrogens (primary N) is 3. The summed E-state index contributed by atoms with van der Waals surface area (Å²) in [5.41, 5.74) is 17.8. The number of rotatable bonds is 16. The SMILES string of the molecule is NC(N)=NCCCC(NC(=O)C(Cc1ccc(O)cc1)NC(=O)C(N)CS)C(=O)NC(Cc1ccccc1)C(=O)O. The molecule has 0 saturated heterocycles. The van der Waals surface area contributed by atoms with Gasteiger partial charge < -0.3 is 43.4 Å². The Balaban J connectivity index is 2.26. The van der Waals surface area contributed by atoms with Crippen LogP contribution in [-0.2, 0) is 32.0 Å². The Hall–Kier alpha value is -4.30. The van der Waals surface area contributed by atoms with E-state index in [4.69, 9.17) is 17.2 Å². The first-order valence-electron chi connectivity index (χ1n) is 12.9. The molecule has 0 bridgehead atoms. The van der Waals surface area contributed by atoms with E-state index < -0.39 is 47.9 Å². The number of thiol groups is 1. The largest absolute Gasteiger partial charge is 0.508 e. The van der Waals surface area contributed by atoms with Crippen LogP contribution in [0.2, 0.25) is 0 Å². The number of amides is 3. The zero-order valence-corrected chi connectivity index (χ0v) is 23.3. The number of aliphatic imine (C=N–C) groups is 1. The Kier molecular flexibility index (Phi) is 13.4. The van der Waals surface area contributed by atoms with Gasteiger partial charge >= 0.3 is 5.97 Å². The molecule has 2 aromatic rings. The molecule has 13 nitrogen and oxygen atoms in total. The van der Waals surface area contributed by atoms with Crippen molar-refractivity contribution in [2.24, 2.45) is 22.2 Å². The van der Waals surface area contributed by atoms with Crippen molar-refractivity contribution in [3.8, 4) is 5.75 Å². The van der Waals surface area contributed by atoms with E-state index in [-0.39, 0.29) is 49.7 Å². The summed E-state index contributed by atoms with van der Waals surface area (Å²) in [6, 6.07) is 10.2. The number of benzene rings is 2. The number of carboxylic acid groups (broad SMARTS) is 1. The highest BCUT2D eigenvalue weighted by Gasteiger charge is 2.30. The summed E-state index contributed by atoms with van der Waals surface area (Å²) >= 11 is 4.02. The molecule has 4 unspecified atom stereocenters. The van der Waals surface area contributed by atoms with Crippen molar-refractivity contribution >= 4 is 42.3 Å². The van der Waals surface area contributed by atoms with Gasteiger partial charge in [-0.1, -0.05) is 42.5 Å². The second-order valence-corrected chi connectivity index (χ2v) is 9.69. The van der Waals surface area contributed by atoms with Crippen LogP contribution < -0.4 is 33.2 Å². The fraction of sp³-hybridized carbons (Fsp3) is 0.370. The van der Waals surface area contributed by atoms with Gasteiger partial charge in [0.15, 0.2) is 5.96 Å². The Labute approximate surface area is 243 Å². The smallest absolute Gasteiger partial charge is 0.326 e. The van der Waals surface area contributed by atoms with Crippen molar-refractivity contribution in [3.05, 3.63) is 65.7 Å². The number of aromatic hydroxyl groups is 1. The lowest BCUT2D eigenvalue weighted by Gasteiger charge is -2.25. The lowest BCUT2D eigenvalue weighted by atomic mass is 10.0. The third-order valence-corrected chi connectivity index (χ3v) is 6.41. The van der Waals surface area contributed by atoms with Gasteiger partial charge in [0.25, 0.3) is 0 Å². The molecule has 0 aliphatic carbocycles. The summed E-state index contributed by atoms with van der Waals surface area (Å²) in [6.07, 6.45) is 0.400. The number of hydrogen-bond donors (Lipinski definition) is 9. The molecule has 2 rings (SSSR count). The third kappa shape index (κ3) is 11.8. The lowest BCUT2D eigenvalue weighted by molar-refractivity contribution is -0.142. The molecule has 0 heterocycles. The predicted octanol–water partition coefficient (Wildman–Crippen LogP) is -0.973. The number of nitrogens with zero attached hydrogens (tertiary/aromatic N) is 1. The summed E-state index contributed by atoms with van der Waals surface area (Å²) in [6.45, 7) is 0.166. The van der Waals surface area contributed by atoms with Crippen molar-refractivity contribution in [1.82, 2.24) is 16.0 Å². The van der Waals surface area contributed by atoms with Crippen molar-refractivity contribution < 1.29 is 29.4 Å².